The fourth-order valence-electron chi connectivity index (χ4n) is 2.55. The summed E-state index contributed by atoms with van der Waals surface area (Å²) in [4.78, 5) is 26.4. The van der Waals surface area contributed by atoms with E-state index in [2.05, 4.69) is 0 Å². The second-order valence-corrected chi connectivity index (χ2v) is 5.14. The molecule has 2 aliphatic heterocycles. The van der Waals surface area contributed by atoms with Crippen LogP contribution in [0.5, 0.6) is 0 Å². The number of nitrogens with zero attached hydrogens (tertiary/aromatic N) is 2. The molecule has 0 aromatic carbocycles. The molecule has 2 fully saturated rings. The second-order valence-electron chi connectivity index (χ2n) is 5.14. The number of likely N-dealkylation sites (N-methyl/N-ethyl adjacent to an activating group) is 1. The van der Waals surface area contributed by atoms with Gasteiger partial charge in [-0.25, -0.2) is 0 Å². The molecular weight excluding hydrogens is 236 g/mol. The van der Waals surface area contributed by atoms with Crippen molar-refractivity contribution in [3.8, 4) is 0 Å². The van der Waals surface area contributed by atoms with Crippen LogP contribution in [-0.4, -0.2) is 72.7 Å². The van der Waals surface area contributed by atoms with Crippen LogP contribution < -0.4 is 0 Å². The molecule has 1 amide bonds. The van der Waals surface area contributed by atoms with Gasteiger partial charge in [0.25, 0.3) is 0 Å². The van der Waals surface area contributed by atoms with Gasteiger partial charge in [-0.1, -0.05) is 0 Å². The Balaban J connectivity index is 1.99. The van der Waals surface area contributed by atoms with E-state index >= 15 is 0 Å². The molecule has 102 valence electrons. The van der Waals surface area contributed by atoms with Crippen LogP contribution in [0.15, 0.2) is 0 Å². The lowest BCUT2D eigenvalue weighted by atomic mass is 10.1. The standard InChI is InChI=1S/C12H20N2O4/c1-13-5-9(12(16)17)6-14(8-11(13)15)7-10-3-2-4-18-10/h9-10H,2-8H2,1H3,(H,16,17). The van der Waals surface area contributed by atoms with E-state index < -0.39 is 11.9 Å². The van der Waals surface area contributed by atoms with Crippen LogP contribution in [0.2, 0.25) is 0 Å². The fraction of sp³-hybridized carbons (Fsp3) is 0.833. The second kappa shape index (κ2) is 5.67. The molecule has 2 atom stereocenters. The van der Waals surface area contributed by atoms with Crippen LogP contribution in [0.25, 0.3) is 0 Å². The van der Waals surface area contributed by atoms with Gasteiger partial charge in [0.15, 0.2) is 0 Å². The molecule has 0 aromatic heterocycles. The smallest absolute Gasteiger partial charge is 0.309 e. The molecule has 0 spiro atoms. The first-order valence-electron chi connectivity index (χ1n) is 6.37. The maximum atomic E-state index is 11.8. The van der Waals surface area contributed by atoms with Crippen LogP contribution in [0.1, 0.15) is 12.8 Å². The summed E-state index contributed by atoms with van der Waals surface area (Å²) in [6, 6.07) is 0. The van der Waals surface area contributed by atoms with Crippen LogP contribution in [0, 0.1) is 5.92 Å². The Morgan fingerprint density at radius 3 is 2.89 bits per heavy atom. The van der Waals surface area contributed by atoms with Gasteiger partial charge in [0.2, 0.25) is 5.91 Å². The maximum Gasteiger partial charge on any atom is 0.309 e. The molecule has 1 N–H and O–H groups in total. The van der Waals surface area contributed by atoms with Crippen molar-refractivity contribution in [2.75, 3.05) is 39.8 Å². The molecule has 0 aromatic rings. The van der Waals surface area contributed by atoms with Gasteiger partial charge < -0.3 is 14.7 Å². The summed E-state index contributed by atoms with van der Waals surface area (Å²) in [5.41, 5.74) is 0. The third kappa shape index (κ3) is 3.20. The van der Waals surface area contributed by atoms with Crippen molar-refractivity contribution in [3.05, 3.63) is 0 Å². The van der Waals surface area contributed by atoms with Gasteiger partial charge in [0.05, 0.1) is 18.6 Å². The number of carboxylic acid groups (broad SMARTS) is 1. The topological polar surface area (TPSA) is 70.1 Å². The highest BCUT2D eigenvalue weighted by atomic mass is 16.5. The largest absolute Gasteiger partial charge is 0.481 e. The van der Waals surface area contributed by atoms with Crippen LogP contribution in [-0.2, 0) is 14.3 Å². The number of hydrogen-bond donors (Lipinski definition) is 1. The predicted octanol–water partition coefficient (Wildman–Crippen LogP) is -0.360. The van der Waals surface area contributed by atoms with Crippen molar-refractivity contribution in [1.29, 1.82) is 0 Å². The molecule has 2 aliphatic rings. The van der Waals surface area contributed by atoms with E-state index in [0.717, 1.165) is 19.4 Å². The lowest BCUT2D eigenvalue weighted by Crippen LogP contribution is -2.39. The number of ether oxygens (including phenoxy) is 1. The van der Waals surface area contributed by atoms with E-state index in [-0.39, 0.29) is 18.6 Å². The van der Waals surface area contributed by atoms with Gasteiger partial charge in [-0.3, -0.25) is 14.5 Å². The average Bonchev–Trinajstić information content (AvgIpc) is 2.75. The predicted molar refractivity (Wildman–Crippen MR) is 64.2 cm³/mol. The number of carboxylic acids is 1. The number of hydrogen-bond acceptors (Lipinski definition) is 4. The van der Waals surface area contributed by atoms with Gasteiger partial charge in [0.1, 0.15) is 0 Å². The minimum atomic E-state index is -0.839. The van der Waals surface area contributed by atoms with Gasteiger partial charge in [-0.05, 0) is 12.8 Å². The Bertz CT molecular complexity index is 328. The molecule has 6 heteroatoms. The number of carbonyl (C=O) groups excluding carboxylic acids is 1. The zero-order valence-electron chi connectivity index (χ0n) is 10.7. The molecule has 2 rings (SSSR count). The average molecular weight is 256 g/mol. The Hall–Kier alpha value is -1.14. The number of aliphatic carboxylic acids is 1. The molecule has 0 saturated carbocycles. The SMILES string of the molecule is CN1CC(C(=O)O)CN(CC2CCCO2)CC1=O. The lowest BCUT2D eigenvalue weighted by molar-refractivity contribution is -0.142. The summed E-state index contributed by atoms with van der Waals surface area (Å²) < 4.78 is 5.54. The molecule has 18 heavy (non-hydrogen) atoms. The normalized spacial score (nSPS) is 30.5. The zero-order valence-corrected chi connectivity index (χ0v) is 10.7. The van der Waals surface area contributed by atoms with E-state index in [4.69, 9.17) is 9.84 Å². The van der Waals surface area contributed by atoms with Crippen molar-refractivity contribution in [2.45, 2.75) is 18.9 Å². The Labute approximate surface area is 106 Å². The first-order valence-corrected chi connectivity index (χ1v) is 6.37. The summed E-state index contributed by atoms with van der Waals surface area (Å²) in [6.07, 6.45) is 2.20. The summed E-state index contributed by atoms with van der Waals surface area (Å²) in [5.74, 6) is -1.37. The third-order valence-electron chi connectivity index (χ3n) is 3.59. The van der Waals surface area contributed by atoms with E-state index in [9.17, 15) is 9.59 Å². The summed E-state index contributed by atoms with van der Waals surface area (Å²) in [5, 5.41) is 9.15. The van der Waals surface area contributed by atoms with Crippen LogP contribution in [0.4, 0.5) is 0 Å². The minimum Gasteiger partial charge on any atom is -0.481 e. The van der Waals surface area contributed by atoms with E-state index in [1.807, 2.05) is 4.90 Å². The van der Waals surface area contributed by atoms with Gasteiger partial charge in [-0.2, -0.15) is 0 Å². The summed E-state index contributed by atoms with van der Waals surface area (Å²) >= 11 is 0. The minimum absolute atomic E-state index is 0.0169. The van der Waals surface area contributed by atoms with Crippen molar-refractivity contribution in [2.24, 2.45) is 5.92 Å². The number of rotatable bonds is 3. The van der Waals surface area contributed by atoms with Crippen molar-refractivity contribution < 1.29 is 19.4 Å². The summed E-state index contributed by atoms with van der Waals surface area (Å²) in [7, 11) is 1.66. The first-order chi connectivity index (χ1) is 8.56. The molecular formula is C12H20N2O4. The molecule has 0 aliphatic carbocycles. The molecule has 0 bridgehead atoms. The summed E-state index contributed by atoms with van der Waals surface area (Å²) in [6.45, 7) is 2.43. The molecule has 2 unspecified atom stereocenters. The molecule has 0 radical (unpaired) electrons. The maximum absolute atomic E-state index is 11.8. The molecule has 6 nitrogen and oxygen atoms in total. The Kier molecular flexibility index (Phi) is 4.19. The Morgan fingerprint density at radius 2 is 2.28 bits per heavy atom. The molecule has 2 heterocycles. The number of carbonyl (C=O) groups is 2. The highest BCUT2D eigenvalue weighted by Crippen LogP contribution is 2.16. The third-order valence-corrected chi connectivity index (χ3v) is 3.59. The van der Waals surface area contributed by atoms with E-state index in [0.29, 0.717) is 19.6 Å². The zero-order chi connectivity index (χ0) is 13.1. The lowest BCUT2D eigenvalue weighted by Gasteiger charge is -2.23. The van der Waals surface area contributed by atoms with E-state index in [1.165, 1.54) is 4.90 Å². The molecule has 2 saturated heterocycles. The van der Waals surface area contributed by atoms with Crippen LogP contribution >= 0.6 is 0 Å². The van der Waals surface area contributed by atoms with Gasteiger partial charge in [-0.15, -0.1) is 0 Å². The van der Waals surface area contributed by atoms with Crippen LogP contribution in [0.3, 0.4) is 0 Å². The van der Waals surface area contributed by atoms with E-state index in [1.54, 1.807) is 7.05 Å². The van der Waals surface area contributed by atoms with Crippen molar-refractivity contribution in [1.82, 2.24) is 9.80 Å². The first kappa shape index (κ1) is 13.3. The van der Waals surface area contributed by atoms with Crippen molar-refractivity contribution in [3.63, 3.8) is 0 Å². The Morgan fingerprint density at radius 1 is 1.50 bits per heavy atom. The monoisotopic (exact) mass is 256 g/mol. The highest BCUT2D eigenvalue weighted by molar-refractivity contribution is 5.80. The number of amides is 1. The van der Waals surface area contributed by atoms with Crippen molar-refractivity contribution >= 4 is 11.9 Å². The highest BCUT2D eigenvalue weighted by Gasteiger charge is 2.31. The van der Waals surface area contributed by atoms with Gasteiger partial charge in [0, 0.05) is 33.3 Å². The quantitative estimate of drug-likeness (QED) is 0.747. The fourth-order valence-corrected chi connectivity index (χ4v) is 2.55. The van der Waals surface area contributed by atoms with Gasteiger partial charge >= 0.3 is 5.97 Å².